The van der Waals surface area contributed by atoms with Crippen molar-refractivity contribution in [2.45, 2.75) is 26.9 Å². The first-order valence-corrected chi connectivity index (χ1v) is 10.6. The van der Waals surface area contributed by atoms with E-state index >= 15 is 0 Å². The van der Waals surface area contributed by atoms with E-state index in [4.69, 9.17) is 4.74 Å². The van der Waals surface area contributed by atoms with Gasteiger partial charge in [0.25, 0.3) is 5.69 Å². The summed E-state index contributed by atoms with van der Waals surface area (Å²) in [5, 5.41) is 14.8. The Morgan fingerprint density at radius 1 is 1.12 bits per heavy atom. The molecule has 0 radical (unpaired) electrons. The summed E-state index contributed by atoms with van der Waals surface area (Å²) in [6, 6.07) is 17.7. The van der Waals surface area contributed by atoms with Crippen LogP contribution in [0.2, 0.25) is 0 Å². The highest BCUT2D eigenvalue weighted by molar-refractivity contribution is 9.10. The van der Waals surface area contributed by atoms with Gasteiger partial charge in [0.05, 0.1) is 22.0 Å². The Bertz CT molecular complexity index is 1160. The molecule has 0 aliphatic heterocycles. The van der Waals surface area contributed by atoms with Gasteiger partial charge in [0.1, 0.15) is 12.4 Å². The SMILES string of the molecule is Cc1ccc(C)c(CC(=O)N/N=C/c2ccc(OCc3ccc([N+](=O)[O-])cc3)c(Br)c2)c1. The topological polar surface area (TPSA) is 93.8 Å². The first kappa shape index (κ1) is 23.1. The van der Waals surface area contributed by atoms with Crippen molar-refractivity contribution in [2.24, 2.45) is 5.10 Å². The van der Waals surface area contributed by atoms with E-state index in [0.717, 1.165) is 32.3 Å². The molecule has 0 saturated carbocycles. The molecule has 3 aromatic rings. The first-order chi connectivity index (χ1) is 15.3. The second kappa shape index (κ2) is 10.7. The lowest BCUT2D eigenvalue weighted by atomic mass is 10.0. The number of non-ortho nitro benzene ring substituents is 1. The molecule has 0 bridgehead atoms. The van der Waals surface area contributed by atoms with Crippen molar-refractivity contribution >= 4 is 33.7 Å². The van der Waals surface area contributed by atoms with Crippen molar-refractivity contribution in [3.05, 3.63) is 103 Å². The molecule has 0 aliphatic rings. The van der Waals surface area contributed by atoms with Gasteiger partial charge in [0, 0.05) is 12.1 Å². The summed E-state index contributed by atoms with van der Waals surface area (Å²) in [7, 11) is 0. The molecule has 164 valence electrons. The Kier molecular flexibility index (Phi) is 7.72. The number of hydrogen-bond donors (Lipinski definition) is 1. The van der Waals surface area contributed by atoms with Gasteiger partial charge in [-0.15, -0.1) is 0 Å². The number of nitro groups is 1. The molecule has 0 unspecified atom stereocenters. The minimum atomic E-state index is -0.437. The Balaban J connectivity index is 1.54. The van der Waals surface area contributed by atoms with E-state index in [1.807, 2.05) is 44.2 Å². The number of carbonyl (C=O) groups excluding carboxylic acids is 1. The van der Waals surface area contributed by atoms with Crippen molar-refractivity contribution in [2.75, 3.05) is 0 Å². The molecule has 0 aromatic heterocycles. The van der Waals surface area contributed by atoms with Crippen LogP contribution in [0.3, 0.4) is 0 Å². The van der Waals surface area contributed by atoms with E-state index in [1.54, 1.807) is 24.4 Å². The van der Waals surface area contributed by atoms with Gasteiger partial charge in [-0.2, -0.15) is 5.10 Å². The fraction of sp³-hybridized carbons (Fsp3) is 0.167. The van der Waals surface area contributed by atoms with Crippen LogP contribution in [0.25, 0.3) is 0 Å². The zero-order valence-electron chi connectivity index (χ0n) is 17.7. The standard InChI is InChI=1S/C24H22BrN3O4/c1-16-3-4-17(2)20(11-16)13-24(29)27-26-14-19-7-10-23(22(25)12-19)32-15-18-5-8-21(9-6-18)28(30)31/h3-12,14H,13,15H2,1-2H3,(H,27,29)/b26-14+. The number of amides is 1. The third kappa shape index (κ3) is 6.49. The average molecular weight is 496 g/mol. The van der Waals surface area contributed by atoms with Crippen molar-refractivity contribution in [3.8, 4) is 5.75 Å². The van der Waals surface area contributed by atoms with Crippen LogP contribution >= 0.6 is 15.9 Å². The average Bonchev–Trinajstić information content (AvgIpc) is 2.76. The molecule has 0 saturated heterocycles. The highest BCUT2D eigenvalue weighted by Gasteiger charge is 2.07. The first-order valence-electron chi connectivity index (χ1n) is 9.85. The van der Waals surface area contributed by atoms with Crippen molar-refractivity contribution in [1.82, 2.24) is 5.43 Å². The summed E-state index contributed by atoms with van der Waals surface area (Å²) in [5.41, 5.74) is 7.37. The number of nitrogens with one attached hydrogen (secondary N) is 1. The number of carbonyl (C=O) groups is 1. The van der Waals surface area contributed by atoms with Gasteiger partial charge in [0.2, 0.25) is 5.91 Å². The van der Waals surface area contributed by atoms with Crippen LogP contribution < -0.4 is 10.2 Å². The van der Waals surface area contributed by atoms with Gasteiger partial charge in [-0.1, -0.05) is 23.8 Å². The highest BCUT2D eigenvalue weighted by atomic mass is 79.9. The zero-order valence-corrected chi connectivity index (χ0v) is 19.3. The smallest absolute Gasteiger partial charge is 0.269 e. The van der Waals surface area contributed by atoms with Crippen LogP contribution in [0.1, 0.15) is 27.8 Å². The minimum absolute atomic E-state index is 0.0414. The molecule has 32 heavy (non-hydrogen) atoms. The number of benzene rings is 3. The Labute approximate surface area is 194 Å². The minimum Gasteiger partial charge on any atom is -0.488 e. The van der Waals surface area contributed by atoms with Gasteiger partial charge < -0.3 is 4.74 Å². The summed E-state index contributed by atoms with van der Waals surface area (Å²) < 4.78 is 6.50. The van der Waals surface area contributed by atoms with Crippen LogP contribution in [-0.4, -0.2) is 17.0 Å². The largest absolute Gasteiger partial charge is 0.488 e. The summed E-state index contributed by atoms with van der Waals surface area (Å²) in [5.74, 6) is 0.441. The van der Waals surface area contributed by atoms with Crippen LogP contribution in [0.4, 0.5) is 5.69 Å². The normalized spacial score (nSPS) is 10.8. The van der Waals surface area contributed by atoms with E-state index in [0.29, 0.717) is 5.75 Å². The third-order valence-electron chi connectivity index (χ3n) is 4.76. The fourth-order valence-corrected chi connectivity index (χ4v) is 3.48. The van der Waals surface area contributed by atoms with Crippen molar-refractivity contribution in [1.29, 1.82) is 0 Å². The van der Waals surface area contributed by atoms with E-state index in [2.05, 4.69) is 26.5 Å². The molecule has 0 atom stereocenters. The van der Waals surface area contributed by atoms with E-state index in [-0.39, 0.29) is 24.6 Å². The molecule has 1 amide bonds. The molecular weight excluding hydrogens is 474 g/mol. The van der Waals surface area contributed by atoms with Gasteiger partial charge in [-0.3, -0.25) is 14.9 Å². The maximum Gasteiger partial charge on any atom is 0.269 e. The number of hydrogen-bond acceptors (Lipinski definition) is 5. The monoisotopic (exact) mass is 495 g/mol. The lowest BCUT2D eigenvalue weighted by Crippen LogP contribution is -2.20. The zero-order chi connectivity index (χ0) is 23.1. The number of halogens is 1. The van der Waals surface area contributed by atoms with Crippen LogP contribution in [0.15, 0.2) is 70.2 Å². The van der Waals surface area contributed by atoms with Gasteiger partial charge >= 0.3 is 0 Å². The van der Waals surface area contributed by atoms with Crippen LogP contribution in [0.5, 0.6) is 5.75 Å². The lowest BCUT2D eigenvalue weighted by Gasteiger charge is -2.09. The summed E-state index contributed by atoms with van der Waals surface area (Å²) in [6.45, 7) is 4.25. The molecule has 0 heterocycles. The molecule has 0 aliphatic carbocycles. The molecule has 3 rings (SSSR count). The Morgan fingerprint density at radius 3 is 2.56 bits per heavy atom. The molecule has 0 spiro atoms. The molecule has 3 aromatic carbocycles. The van der Waals surface area contributed by atoms with Crippen LogP contribution in [0, 0.1) is 24.0 Å². The van der Waals surface area contributed by atoms with E-state index in [9.17, 15) is 14.9 Å². The van der Waals surface area contributed by atoms with E-state index < -0.39 is 4.92 Å². The third-order valence-corrected chi connectivity index (χ3v) is 5.38. The number of nitro benzene ring substituents is 1. The van der Waals surface area contributed by atoms with Gasteiger partial charge in [-0.25, -0.2) is 5.43 Å². The van der Waals surface area contributed by atoms with Crippen molar-refractivity contribution < 1.29 is 14.5 Å². The Morgan fingerprint density at radius 2 is 1.88 bits per heavy atom. The van der Waals surface area contributed by atoms with Gasteiger partial charge in [0.15, 0.2) is 0 Å². The quantitative estimate of drug-likeness (QED) is 0.262. The second-order valence-corrected chi connectivity index (χ2v) is 8.16. The van der Waals surface area contributed by atoms with Crippen LogP contribution in [-0.2, 0) is 17.8 Å². The highest BCUT2D eigenvalue weighted by Crippen LogP contribution is 2.26. The summed E-state index contributed by atoms with van der Waals surface area (Å²) >= 11 is 3.47. The number of ether oxygens (including phenoxy) is 1. The van der Waals surface area contributed by atoms with Crippen molar-refractivity contribution in [3.63, 3.8) is 0 Å². The second-order valence-electron chi connectivity index (χ2n) is 7.30. The molecule has 8 heteroatoms. The predicted molar refractivity (Wildman–Crippen MR) is 127 cm³/mol. The molecular formula is C24H22BrN3O4. The molecule has 1 N–H and O–H groups in total. The molecule has 0 fully saturated rings. The predicted octanol–water partition coefficient (Wildman–Crippen LogP) is 5.25. The fourth-order valence-electron chi connectivity index (χ4n) is 2.97. The number of aryl methyl sites for hydroxylation is 2. The number of rotatable bonds is 8. The molecule has 7 nitrogen and oxygen atoms in total. The maximum absolute atomic E-state index is 12.2. The number of nitrogens with zero attached hydrogens (tertiary/aromatic N) is 2. The van der Waals surface area contributed by atoms with E-state index in [1.165, 1.54) is 12.1 Å². The summed E-state index contributed by atoms with van der Waals surface area (Å²) in [4.78, 5) is 22.5. The maximum atomic E-state index is 12.2. The summed E-state index contributed by atoms with van der Waals surface area (Å²) in [6.07, 6.45) is 1.83. The lowest BCUT2D eigenvalue weighted by molar-refractivity contribution is -0.384. The number of hydrazone groups is 1. The Hall–Kier alpha value is -3.52. The van der Waals surface area contributed by atoms with Gasteiger partial charge in [-0.05, 0) is 82.4 Å².